The lowest BCUT2D eigenvalue weighted by Gasteiger charge is -2.30. The summed E-state index contributed by atoms with van der Waals surface area (Å²) < 4.78 is 23.8. The Balaban J connectivity index is 0.000000138. The molecule has 0 spiro atoms. The zero-order valence-corrected chi connectivity index (χ0v) is 43.7. The molecule has 6 aromatic rings. The minimum Gasteiger partial charge on any atom is -0.394 e. The molecule has 11 rings (SSSR count). The van der Waals surface area contributed by atoms with Gasteiger partial charge in [-0.3, -0.25) is 13.7 Å². The largest absolute Gasteiger partial charge is 0.394 e. The van der Waals surface area contributed by atoms with Crippen LogP contribution in [0.15, 0.2) is 106 Å². The van der Waals surface area contributed by atoms with Gasteiger partial charge in [-0.2, -0.15) is 20.1 Å². The van der Waals surface area contributed by atoms with E-state index in [2.05, 4.69) is 92.9 Å². The van der Waals surface area contributed by atoms with Crippen molar-refractivity contribution in [1.82, 2.24) is 53.4 Å². The van der Waals surface area contributed by atoms with Gasteiger partial charge in [-0.15, -0.1) is 11.6 Å². The summed E-state index contributed by atoms with van der Waals surface area (Å²) in [5.74, 6) is 3.02. The molecule has 0 amide bonds. The summed E-state index contributed by atoms with van der Waals surface area (Å²) in [4.78, 5) is 54.0. The van der Waals surface area contributed by atoms with Gasteiger partial charge in [0.2, 0.25) is 0 Å². The molecule has 3 saturated heterocycles. The molecule has 0 saturated carbocycles. The molecule has 5 aliphatic rings. The third-order valence-electron chi connectivity index (χ3n) is 14.5. The zero-order chi connectivity index (χ0) is 52.6. The van der Waals surface area contributed by atoms with Gasteiger partial charge in [0, 0.05) is 73.8 Å². The van der Waals surface area contributed by atoms with Crippen LogP contribution in [-0.4, -0.2) is 114 Å². The summed E-state index contributed by atoms with van der Waals surface area (Å²) in [7, 11) is 0. The summed E-state index contributed by atoms with van der Waals surface area (Å²) in [5, 5.41) is 27.3. The quantitative estimate of drug-likeness (QED) is 0.109. The van der Waals surface area contributed by atoms with E-state index in [1.807, 2.05) is 47.6 Å². The van der Waals surface area contributed by atoms with Crippen LogP contribution in [-0.2, 0) is 46.6 Å². The Morgan fingerprint density at radius 3 is 1.59 bits per heavy atom. The lowest BCUT2D eigenvalue weighted by molar-refractivity contribution is -0.0459. The van der Waals surface area contributed by atoms with Crippen molar-refractivity contribution in [3.8, 4) is 5.82 Å². The molecular weight excluding hydrogens is 982 g/mol. The Kier molecular flexibility index (Phi) is 17.6. The van der Waals surface area contributed by atoms with Gasteiger partial charge in [0.05, 0.1) is 24.9 Å². The standard InChI is InChI=1S/C20H26N4O2.C18H22N4O4.C15H20ClN5O2/c1-3-17-14(2)11-18(26-17)24-13-16-9-10-23(22-19(16)21-20(24)25)12-15-7-5-4-6-8-15;23-11-15-14(24)8-16(26-15)22-10-13-6-7-21(20-17(13)19-18(22)25)9-12-4-2-1-3-5-12;1-3-12-10(2)6-13(23-12)20-7-11(4-5-16)14(19-15(20)22)21-9-17-8-18-21/h4-8,13-14,17-18H,3,9-12H2,1-2H3,(H,21,22,25);1-5,10,14-16,23-24H,6-9,11H2,(H,19,20,25);7-10,12-13H,3-6H2,1-2H3. The van der Waals surface area contributed by atoms with Crippen molar-refractivity contribution in [2.24, 2.45) is 11.8 Å². The normalized spacial score (nSPS) is 25.2. The summed E-state index contributed by atoms with van der Waals surface area (Å²) >= 11 is 5.90. The molecule has 0 aliphatic carbocycles. The molecule has 9 unspecified atom stereocenters. The molecule has 0 radical (unpaired) electrons. The van der Waals surface area contributed by atoms with E-state index in [-0.39, 0.29) is 49.1 Å². The Hall–Kier alpha value is -6.17. The summed E-state index contributed by atoms with van der Waals surface area (Å²) in [5.41, 5.74) is 10.8. The smallest absolute Gasteiger partial charge is 0.351 e. The van der Waals surface area contributed by atoms with Crippen LogP contribution >= 0.6 is 11.6 Å². The number of hydrogen-bond donors (Lipinski definition) is 4. The van der Waals surface area contributed by atoms with E-state index in [1.165, 1.54) is 33.0 Å². The average molecular weight is 1050 g/mol. The van der Waals surface area contributed by atoms with Crippen LogP contribution in [0.2, 0.25) is 0 Å². The van der Waals surface area contributed by atoms with E-state index in [0.717, 1.165) is 81.4 Å². The SMILES string of the molecule is CCC1OC(n2cc(CCCl)c(-n3cncn3)nc2=O)CC1C.CCC1OC(n2cc3c(nc2=O)NN(Cc2ccccc2)CC3)CC1C.O=c1nc2c(cn1C1CC(O)C(CO)O1)CCN(Cc1ccccc1)N2. The number of halogens is 1. The topological polar surface area (TPSA) is 234 Å². The van der Waals surface area contributed by atoms with E-state index >= 15 is 0 Å². The fourth-order valence-corrected chi connectivity index (χ4v) is 10.6. The Bertz CT molecular complexity index is 2860. The van der Waals surface area contributed by atoms with Crippen molar-refractivity contribution in [2.45, 2.75) is 135 Å². The molecule has 9 heterocycles. The number of benzene rings is 2. The number of ether oxygens (including phenoxy) is 3. The van der Waals surface area contributed by atoms with Crippen LogP contribution in [0.4, 0.5) is 11.6 Å². The average Bonchev–Trinajstić information content (AvgIpc) is 4.25. The first-order valence-electron chi connectivity index (χ1n) is 26.0. The van der Waals surface area contributed by atoms with Gasteiger partial charge in [-0.25, -0.2) is 34.1 Å². The van der Waals surface area contributed by atoms with Crippen LogP contribution in [0.5, 0.6) is 0 Å². The highest BCUT2D eigenvalue weighted by atomic mass is 35.5. The third kappa shape index (κ3) is 12.8. The van der Waals surface area contributed by atoms with E-state index < -0.39 is 24.1 Å². The van der Waals surface area contributed by atoms with E-state index in [0.29, 0.717) is 41.6 Å². The van der Waals surface area contributed by atoms with Gasteiger partial charge in [-0.05, 0) is 67.9 Å². The Morgan fingerprint density at radius 2 is 1.15 bits per heavy atom. The van der Waals surface area contributed by atoms with Crippen molar-refractivity contribution in [3.63, 3.8) is 0 Å². The lowest BCUT2D eigenvalue weighted by Crippen LogP contribution is -2.39. The molecule has 21 nitrogen and oxygen atoms in total. The number of aliphatic hydroxyl groups excluding tert-OH is 2. The number of rotatable bonds is 13. The number of anilines is 2. The maximum Gasteiger partial charge on any atom is 0.351 e. The van der Waals surface area contributed by atoms with Gasteiger partial charge in [0.15, 0.2) is 17.5 Å². The predicted molar refractivity (Wildman–Crippen MR) is 281 cm³/mol. The van der Waals surface area contributed by atoms with Crippen LogP contribution in [0.3, 0.4) is 0 Å². The number of alkyl halides is 1. The fourth-order valence-electron chi connectivity index (χ4n) is 10.4. The molecule has 22 heteroatoms. The number of hydrogen-bond acceptors (Lipinski definition) is 17. The second-order valence-corrected chi connectivity index (χ2v) is 20.2. The highest BCUT2D eigenvalue weighted by Crippen LogP contribution is 2.36. The first kappa shape index (κ1) is 53.6. The Morgan fingerprint density at radius 1 is 0.667 bits per heavy atom. The van der Waals surface area contributed by atoms with Crippen molar-refractivity contribution in [3.05, 3.63) is 151 Å². The molecule has 400 valence electrons. The van der Waals surface area contributed by atoms with Gasteiger partial charge in [0.25, 0.3) is 0 Å². The van der Waals surface area contributed by atoms with Crippen molar-refractivity contribution in [1.29, 1.82) is 0 Å². The number of aliphatic hydroxyl groups is 2. The molecule has 2 aromatic carbocycles. The maximum absolute atomic E-state index is 12.6. The van der Waals surface area contributed by atoms with E-state index in [9.17, 15) is 24.6 Å². The van der Waals surface area contributed by atoms with Crippen molar-refractivity contribution < 1.29 is 24.4 Å². The second-order valence-electron chi connectivity index (χ2n) is 19.8. The van der Waals surface area contributed by atoms with E-state index in [4.69, 9.17) is 25.8 Å². The molecule has 3 fully saturated rings. The highest BCUT2D eigenvalue weighted by molar-refractivity contribution is 6.18. The van der Waals surface area contributed by atoms with Crippen LogP contribution in [0.25, 0.3) is 5.82 Å². The maximum atomic E-state index is 12.6. The van der Waals surface area contributed by atoms with Crippen molar-refractivity contribution in [2.75, 3.05) is 36.4 Å². The predicted octanol–water partition coefficient (Wildman–Crippen LogP) is 5.17. The number of fused-ring (bicyclic) bond motifs is 2. The number of nitrogens with one attached hydrogen (secondary N) is 2. The highest BCUT2D eigenvalue weighted by Gasteiger charge is 2.37. The first-order chi connectivity index (χ1) is 36.4. The van der Waals surface area contributed by atoms with Gasteiger partial charge >= 0.3 is 17.1 Å². The first-order valence-corrected chi connectivity index (χ1v) is 26.6. The molecule has 75 heavy (non-hydrogen) atoms. The lowest BCUT2D eigenvalue weighted by atomic mass is 10.0. The van der Waals surface area contributed by atoms with Crippen LogP contribution in [0, 0.1) is 11.8 Å². The zero-order valence-electron chi connectivity index (χ0n) is 42.9. The second kappa shape index (κ2) is 24.7. The van der Waals surface area contributed by atoms with Crippen LogP contribution < -0.4 is 27.9 Å². The number of hydrazine groups is 2. The van der Waals surface area contributed by atoms with Gasteiger partial charge in [0.1, 0.15) is 37.4 Å². The third-order valence-corrected chi connectivity index (χ3v) is 14.7. The summed E-state index contributed by atoms with van der Waals surface area (Å²) in [6, 6.07) is 20.4. The molecule has 4 N–H and O–H groups in total. The molecule has 9 atom stereocenters. The van der Waals surface area contributed by atoms with Crippen LogP contribution in [0.1, 0.15) is 106 Å². The van der Waals surface area contributed by atoms with E-state index in [1.54, 1.807) is 21.5 Å². The number of aryl methyl sites for hydroxylation is 1. The minimum atomic E-state index is -0.785. The molecular formula is C53H68ClN13O8. The minimum absolute atomic E-state index is 0.179. The number of nitrogens with zero attached hydrogens (tertiary/aromatic N) is 11. The number of aromatic nitrogens is 9. The monoisotopic (exact) mass is 1050 g/mol. The molecule has 0 bridgehead atoms. The van der Waals surface area contributed by atoms with Crippen molar-refractivity contribution >= 4 is 23.2 Å². The Labute approximate surface area is 440 Å². The van der Waals surface area contributed by atoms with Gasteiger partial charge < -0.3 is 35.3 Å². The molecule has 5 aliphatic heterocycles. The van der Waals surface area contributed by atoms with Gasteiger partial charge in [-0.1, -0.05) is 88.4 Å². The fraction of sp³-hybridized carbons (Fsp3) is 0.509. The summed E-state index contributed by atoms with van der Waals surface area (Å²) in [6.45, 7) is 11.5. The molecule has 4 aromatic heterocycles. The summed E-state index contributed by atoms with van der Waals surface area (Å²) in [6.07, 6.45) is 12.3.